The summed E-state index contributed by atoms with van der Waals surface area (Å²) in [5, 5.41) is 11.5. The van der Waals surface area contributed by atoms with Crippen molar-refractivity contribution in [1.82, 2.24) is 4.98 Å². The lowest BCUT2D eigenvalue weighted by molar-refractivity contribution is -0.138. The molecule has 2 aromatic rings. The molecule has 0 spiro atoms. The standard InChI is InChI=1S/C13H8BrF3N4/c14-10-2-1-8(5-9(10)13(15,16)17)21-12-11(19)7(6-18)3-4-20-12/h1-5H,19H2,(H,20,21). The molecule has 0 aliphatic rings. The zero-order chi connectivity index (χ0) is 15.6. The third-order valence-corrected chi connectivity index (χ3v) is 3.34. The fourth-order valence-electron chi connectivity index (χ4n) is 1.63. The van der Waals surface area contributed by atoms with E-state index in [0.717, 1.165) is 6.07 Å². The molecule has 0 aliphatic carbocycles. The molecule has 0 amide bonds. The lowest BCUT2D eigenvalue weighted by Crippen LogP contribution is -2.07. The second kappa shape index (κ2) is 5.61. The topological polar surface area (TPSA) is 74.7 Å². The lowest BCUT2D eigenvalue weighted by Gasteiger charge is -2.13. The van der Waals surface area contributed by atoms with Crippen LogP contribution in [0.3, 0.4) is 0 Å². The van der Waals surface area contributed by atoms with Gasteiger partial charge in [-0.3, -0.25) is 0 Å². The maximum Gasteiger partial charge on any atom is 0.417 e. The molecule has 4 nitrogen and oxygen atoms in total. The molecule has 0 radical (unpaired) electrons. The van der Waals surface area contributed by atoms with Crippen molar-refractivity contribution in [3.8, 4) is 6.07 Å². The predicted molar refractivity (Wildman–Crippen MR) is 75.8 cm³/mol. The average Bonchev–Trinajstić information content (AvgIpc) is 2.42. The van der Waals surface area contributed by atoms with Crippen molar-refractivity contribution >= 4 is 33.1 Å². The number of halogens is 4. The maximum absolute atomic E-state index is 12.8. The first-order valence-corrected chi connectivity index (χ1v) is 6.40. The molecule has 0 unspecified atom stereocenters. The fourth-order valence-corrected chi connectivity index (χ4v) is 2.10. The van der Waals surface area contributed by atoms with Crippen LogP contribution in [-0.4, -0.2) is 4.98 Å². The number of nitrogens with one attached hydrogen (secondary N) is 1. The van der Waals surface area contributed by atoms with Crippen LogP contribution in [0.4, 0.5) is 30.4 Å². The molecular formula is C13H8BrF3N4. The van der Waals surface area contributed by atoms with Crippen LogP contribution in [0.5, 0.6) is 0 Å². The molecule has 8 heteroatoms. The monoisotopic (exact) mass is 356 g/mol. The summed E-state index contributed by atoms with van der Waals surface area (Å²) in [6, 6.07) is 6.95. The summed E-state index contributed by atoms with van der Waals surface area (Å²) in [7, 11) is 0. The van der Waals surface area contributed by atoms with Gasteiger partial charge in [0.1, 0.15) is 6.07 Å². The smallest absolute Gasteiger partial charge is 0.395 e. The highest BCUT2D eigenvalue weighted by Crippen LogP contribution is 2.37. The summed E-state index contributed by atoms with van der Waals surface area (Å²) in [6.45, 7) is 0. The van der Waals surface area contributed by atoms with Gasteiger partial charge in [0.15, 0.2) is 5.82 Å². The zero-order valence-electron chi connectivity index (χ0n) is 10.4. The van der Waals surface area contributed by atoms with Gasteiger partial charge in [-0.2, -0.15) is 18.4 Å². The summed E-state index contributed by atoms with van der Waals surface area (Å²) in [5.41, 5.74) is 5.34. The van der Waals surface area contributed by atoms with Crippen molar-refractivity contribution in [2.24, 2.45) is 0 Å². The Morgan fingerprint density at radius 3 is 2.62 bits per heavy atom. The van der Waals surface area contributed by atoms with Crippen LogP contribution in [0.1, 0.15) is 11.1 Å². The van der Waals surface area contributed by atoms with Crippen LogP contribution in [0, 0.1) is 11.3 Å². The van der Waals surface area contributed by atoms with Gasteiger partial charge < -0.3 is 11.1 Å². The number of aromatic nitrogens is 1. The Morgan fingerprint density at radius 1 is 1.29 bits per heavy atom. The number of nitrogens with zero attached hydrogens (tertiary/aromatic N) is 2. The molecule has 0 fully saturated rings. The zero-order valence-corrected chi connectivity index (χ0v) is 12.0. The van der Waals surface area contributed by atoms with Crippen LogP contribution < -0.4 is 11.1 Å². The Morgan fingerprint density at radius 2 is 2.00 bits per heavy atom. The quantitative estimate of drug-likeness (QED) is 0.850. The highest BCUT2D eigenvalue weighted by atomic mass is 79.9. The van der Waals surface area contributed by atoms with Gasteiger partial charge in [0.25, 0.3) is 0 Å². The van der Waals surface area contributed by atoms with Gasteiger partial charge >= 0.3 is 6.18 Å². The average molecular weight is 357 g/mol. The molecule has 0 bridgehead atoms. The summed E-state index contributed by atoms with van der Waals surface area (Å²) in [5.74, 6) is 0.129. The number of nitrogen functional groups attached to an aromatic ring is 1. The van der Waals surface area contributed by atoms with E-state index in [9.17, 15) is 13.2 Å². The Hall–Kier alpha value is -2.27. The van der Waals surface area contributed by atoms with Gasteiger partial charge in [-0.1, -0.05) is 15.9 Å². The van der Waals surface area contributed by atoms with Crippen molar-refractivity contribution in [3.63, 3.8) is 0 Å². The number of benzene rings is 1. The van der Waals surface area contributed by atoms with Crippen molar-refractivity contribution < 1.29 is 13.2 Å². The summed E-state index contributed by atoms with van der Waals surface area (Å²) >= 11 is 2.86. The van der Waals surface area contributed by atoms with Gasteiger partial charge in [-0.25, -0.2) is 4.98 Å². The minimum absolute atomic E-state index is 0.0627. The predicted octanol–water partition coefficient (Wildman–Crippen LogP) is 4.06. The minimum atomic E-state index is -4.48. The number of pyridine rings is 1. The van der Waals surface area contributed by atoms with Crippen LogP contribution in [0.25, 0.3) is 0 Å². The number of hydrogen-bond donors (Lipinski definition) is 2. The molecular weight excluding hydrogens is 349 g/mol. The summed E-state index contributed by atoms with van der Waals surface area (Å²) in [6.07, 6.45) is -3.13. The van der Waals surface area contributed by atoms with E-state index in [1.54, 1.807) is 0 Å². The second-order valence-corrected chi connectivity index (χ2v) is 4.90. The van der Waals surface area contributed by atoms with E-state index in [2.05, 4.69) is 26.2 Å². The van der Waals surface area contributed by atoms with E-state index in [1.165, 1.54) is 24.4 Å². The molecule has 1 heterocycles. The normalized spacial score (nSPS) is 11.0. The molecule has 3 N–H and O–H groups in total. The molecule has 0 saturated heterocycles. The first-order chi connectivity index (χ1) is 9.82. The number of nitriles is 1. The molecule has 1 aromatic heterocycles. The number of anilines is 3. The maximum atomic E-state index is 12.8. The van der Waals surface area contributed by atoms with E-state index in [4.69, 9.17) is 11.0 Å². The molecule has 2 rings (SSSR count). The molecule has 108 valence electrons. The summed E-state index contributed by atoms with van der Waals surface area (Å²) < 4.78 is 38.4. The van der Waals surface area contributed by atoms with E-state index < -0.39 is 11.7 Å². The number of nitrogens with two attached hydrogens (primary N) is 1. The van der Waals surface area contributed by atoms with Crippen molar-refractivity contribution in [2.45, 2.75) is 6.18 Å². The van der Waals surface area contributed by atoms with E-state index in [1.807, 2.05) is 6.07 Å². The molecule has 0 saturated carbocycles. The second-order valence-electron chi connectivity index (χ2n) is 4.05. The Bertz CT molecular complexity index is 722. The van der Waals surface area contributed by atoms with Crippen molar-refractivity contribution in [3.05, 3.63) is 46.1 Å². The third-order valence-electron chi connectivity index (χ3n) is 2.65. The summed E-state index contributed by atoms with van der Waals surface area (Å²) in [4.78, 5) is 3.92. The van der Waals surface area contributed by atoms with Crippen molar-refractivity contribution in [2.75, 3.05) is 11.1 Å². The van der Waals surface area contributed by atoms with Gasteiger partial charge in [0, 0.05) is 16.4 Å². The molecule has 21 heavy (non-hydrogen) atoms. The Balaban J connectivity index is 2.40. The fraction of sp³-hybridized carbons (Fsp3) is 0.0769. The third kappa shape index (κ3) is 3.25. The number of hydrogen-bond acceptors (Lipinski definition) is 4. The molecule has 1 aromatic carbocycles. The highest BCUT2D eigenvalue weighted by Gasteiger charge is 2.33. The van der Waals surface area contributed by atoms with Crippen LogP contribution >= 0.6 is 15.9 Å². The van der Waals surface area contributed by atoms with Gasteiger partial charge in [-0.15, -0.1) is 0 Å². The van der Waals surface area contributed by atoms with E-state index >= 15 is 0 Å². The van der Waals surface area contributed by atoms with E-state index in [-0.39, 0.29) is 27.2 Å². The van der Waals surface area contributed by atoms with Crippen LogP contribution in [0.15, 0.2) is 34.9 Å². The lowest BCUT2D eigenvalue weighted by atomic mass is 10.2. The number of alkyl halides is 3. The van der Waals surface area contributed by atoms with Gasteiger partial charge in [-0.05, 0) is 24.3 Å². The highest BCUT2D eigenvalue weighted by molar-refractivity contribution is 9.10. The van der Waals surface area contributed by atoms with Crippen molar-refractivity contribution in [1.29, 1.82) is 5.26 Å². The Labute approximate surface area is 126 Å². The molecule has 0 atom stereocenters. The first-order valence-electron chi connectivity index (χ1n) is 5.61. The minimum Gasteiger partial charge on any atom is -0.395 e. The van der Waals surface area contributed by atoms with Crippen LogP contribution in [-0.2, 0) is 6.18 Å². The van der Waals surface area contributed by atoms with Gasteiger partial charge in [0.2, 0.25) is 0 Å². The Kier molecular flexibility index (Phi) is 4.04. The van der Waals surface area contributed by atoms with Gasteiger partial charge in [0.05, 0.1) is 16.8 Å². The molecule has 0 aliphatic heterocycles. The first kappa shape index (κ1) is 15.1. The number of rotatable bonds is 2. The van der Waals surface area contributed by atoms with E-state index in [0.29, 0.717) is 0 Å². The SMILES string of the molecule is N#Cc1ccnc(Nc2ccc(Br)c(C(F)(F)F)c2)c1N. The van der Waals surface area contributed by atoms with Crippen LogP contribution in [0.2, 0.25) is 0 Å². The largest absolute Gasteiger partial charge is 0.417 e.